The van der Waals surface area contributed by atoms with Crippen LogP contribution in [-0.4, -0.2) is 72.9 Å². The molecular formula is C51H48O14. The molecular weight excluding hydrogens is 837 g/mol. The van der Waals surface area contributed by atoms with E-state index < -0.39 is 72.6 Å². The molecule has 0 unspecified atom stereocenters. The lowest BCUT2D eigenvalue weighted by atomic mass is 9.97. The lowest BCUT2D eigenvalue weighted by molar-refractivity contribution is -0.275. The first kappa shape index (κ1) is 45.6. The van der Waals surface area contributed by atoms with Gasteiger partial charge in [0.25, 0.3) is 0 Å². The molecule has 0 amide bonds. The van der Waals surface area contributed by atoms with Gasteiger partial charge in [-0.2, -0.15) is 0 Å². The van der Waals surface area contributed by atoms with E-state index in [4.69, 9.17) is 37.6 Å². The van der Waals surface area contributed by atoms with Crippen LogP contribution in [0.5, 0.6) is 17.2 Å². The summed E-state index contributed by atoms with van der Waals surface area (Å²) in [6, 6.07) is 36.3. The second-order valence-corrected chi connectivity index (χ2v) is 15.2. The van der Waals surface area contributed by atoms with Gasteiger partial charge in [-0.25, -0.2) is 24.0 Å². The zero-order valence-corrected chi connectivity index (χ0v) is 35.6. The summed E-state index contributed by atoms with van der Waals surface area (Å²) in [5.41, 5.74) is -0.419. The van der Waals surface area contributed by atoms with Crippen molar-refractivity contribution in [3.05, 3.63) is 172 Å². The number of hydrogen-bond donors (Lipinski definition) is 1. The number of rotatable bonds is 19. The third kappa shape index (κ3) is 11.8. The van der Waals surface area contributed by atoms with Crippen molar-refractivity contribution in [3.63, 3.8) is 0 Å². The fraction of sp³-hybridized carbons (Fsp3) is 0.275. The fourth-order valence-electron chi connectivity index (χ4n) is 7.16. The Morgan fingerprint density at radius 1 is 0.585 bits per heavy atom. The number of ether oxygens (including phenoxy) is 7. The fourth-order valence-corrected chi connectivity index (χ4v) is 7.16. The number of carbonyl (C=O) groups excluding carboxylic acids is 4. The maximum Gasteiger partial charge on any atom is 0.383 e. The molecule has 1 N–H and O–H groups in total. The minimum absolute atomic E-state index is 0.0144. The minimum Gasteiger partial charge on any atom is -0.504 e. The summed E-state index contributed by atoms with van der Waals surface area (Å²) in [6.07, 6.45) is -2.04. The van der Waals surface area contributed by atoms with Gasteiger partial charge < -0.3 is 42.7 Å². The predicted molar refractivity (Wildman–Crippen MR) is 236 cm³/mol. The highest BCUT2D eigenvalue weighted by Gasteiger charge is 2.54. The Morgan fingerprint density at radius 2 is 1.08 bits per heavy atom. The molecule has 1 aliphatic heterocycles. The van der Waals surface area contributed by atoms with Crippen LogP contribution in [0, 0.1) is 0 Å². The van der Waals surface area contributed by atoms with Crippen molar-refractivity contribution in [1.82, 2.24) is 0 Å². The van der Waals surface area contributed by atoms with E-state index in [1.807, 2.05) is 0 Å². The molecule has 5 atom stereocenters. The number of unbranched alkanes of at least 4 members (excludes halogenated alkanes) is 5. The van der Waals surface area contributed by atoms with Gasteiger partial charge in [-0.15, -0.1) is 0 Å². The average molecular weight is 885 g/mol. The van der Waals surface area contributed by atoms with Crippen LogP contribution in [0.25, 0.3) is 11.0 Å². The van der Waals surface area contributed by atoms with Crippen LogP contribution >= 0.6 is 0 Å². The summed E-state index contributed by atoms with van der Waals surface area (Å²) in [7, 11) is 0. The third-order valence-electron chi connectivity index (χ3n) is 10.5. The molecule has 0 aliphatic carbocycles. The smallest absolute Gasteiger partial charge is 0.383 e. The molecule has 65 heavy (non-hydrogen) atoms. The molecule has 14 heteroatoms. The van der Waals surface area contributed by atoms with Crippen LogP contribution in [-0.2, 0) is 23.7 Å². The van der Waals surface area contributed by atoms with Gasteiger partial charge in [0.15, 0.2) is 18.0 Å². The van der Waals surface area contributed by atoms with Crippen LogP contribution in [0.3, 0.4) is 0 Å². The molecule has 6 aromatic rings. The van der Waals surface area contributed by atoms with Crippen LogP contribution in [0.15, 0.2) is 149 Å². The number of benzene rings is 5. The number of carbonyl (C=O) groups is 4. The summed E-state index contributed by atoms with van der Waals surface area (Å²) in [5, 5.41) is 11.3. The molecule has 1 saturated heterocycles. The second kappa shape index (κ2) is 22.3. The van der Waals surface area contributed by atoms with Gasteiger partial charge in [0.05, 0.1) is 34.2 Å². The largest absolute Gasteiger partial charge is 0.504 e. The Morgan fingerprint density at radius 3 is 1.63 bits per heavy atom. The monoisotopic (exact) mass is 884 g/mol. The topological polar surface area (TPSA) is 183 Å². The van der Waals surface area contributed by atoms with Gasteiger partial charge in [0.1, 0.15) is 24.0 Å². The molecule has 0 radical (unpaired) electrons. The normalized spacial score (nSPS) is 18.0. The SMILES string of the molecule is CCCCCCCCOc1c(O)c2ccc(O[C@@H]3O[C@H](COC(=O)c4ccccc4)[C@@H](OC(=O)c4ccccc4)[C@H](OC(=O)c4ccccc4)[C@H]3OC(=O)c3ccccc3)cc2oc1=O. The standard InChI is InChI=1S/C51H48O14/c1-2-3-4-5-6-19-30-58-43-41(52)38-29-28-37(31-39(38)61-50(43)57)60-51-45(65-49(56)36-26-17-10-18-27-36)44(64-48(55)35-24-15-9-16-25-35)42(63-47(54)34-22-13-8-14-23-34)40(62-51)32-59-46(53)33-20-11-7-12-21-33/h7-18,20-29,31,40,42,44-45,51-52H,2-6,19,30,32H2,1H3/t40-,42-,44+,45-,51-/m1/s1. The zero-order valence-electron chi connectivity index (χ0n) is 35.6. The first-order valence-corrected chi connectivity index (χ1v) is 21.4. The van der Waals surface area contributed by atoms with Gasteiger partial charge in [-0.1, -0.05) is 112 Å². The van der Waals surface area contributed by atoms with E-state index in [1.165, 1.54) is 54.6 Å². The number of aromatic hydroxyl groups is 1. The molecule has 1 fully saturated rings. The van der Waals surface area contributed by atoms with E-state index in [-0.39, 0.29) is 51.3 Å². The maximum atomic E-state index is 14.0. The van der Waals surface area contributed by atoms with E-state index in [1.54, 1.807) is 84.9 Å². The third-order valence-corrected chi connectivity index (χ3v) is 10.5. The molecule has 0 saturated carbocycles. The maximum absolute atomic E-state index is 14.0. The Hall–Kier alpha value is -7.45. The predicted octanol–water partition coefficient (Wildman–Crippen LogP) is 8.88. The lowest BCUT2D eigenvalue weighted by Crippen LogP contribution is -2.63. The van der Waals surface area contributed by atoms with Crippen molar-refractivity contribution in [2.24, 2.45) is 0 Å². The average Bonchev–Trinajstić information content (AvgIpc) is 3.34. The Kier molecular flexibility index (Phi) is 15.6. The highest BCUT2D eigenvalue weighted by molar-refractivity contribution is 5.92. The number of hydrogen-bond acceptors (Lipinski definition) is 14. The van der Waals surface area contributed by atoms with E-state index >= 15 is 0 Å². The van der Waals surface area contributed by atoms with Crippen LogP contribution in [0.2, 0.25) is 0 Å². The van der Waals surface area contributed by atoms with Crippen molar-refractivity contribution < 1.29 is 61.9 Å². The van der Waals surface area contributed by atoms with Crippen molar-refractivity contribution >= 4 is 34.8 Å². The molecule has 14 nitrogen and oxygen atoms in total. The molecule has 1 aromatic heterocycles. The number of fused-ring (bicyclic) bond motifs is 1. The first-order chi connectivity index (χ1) is 31.7. The van der Waals surface area contributed by atoms with E-state index in [0.717, 1.165) is 32.1 Å². The number of esters is 4. The summed E-state index contributed by atoms with van der Waals surface area (Å²) < 4.78 is 48.1. The van der Waals surface area contributed by atoms with Crippen LogP contribution in [0.1, 0.15) is 86.9 Å². The molecule has 1 aliphatic rings. The molecule has 5 aromatic carbocycles. The summed E-state index contributed by atoms with van der Waals surface area (Å²) in [5.74, 6) is -4.11. The highest BCUT2D eigenvalue weighted by Crippen LogP contribution is 2.36. The van der Waals surface area contributed by atoms with Crippen LogP contribution in [0.4, 0.5) is 0 Å². The Bertz CT molecular complexity index is 2580. The summed E-state index contributed by atoms with van der Waals surface area (Å²) in [4.78, 5) is 68.1. The van der Waals surface area contributed by atoms with Gasteiger partial charge in [-0.05, 0) is 67.1 Å². The summed E-state index contributed by atoms with van der Waals surface area (Å²) in [6.45, 7) is 1.78. The van der Waals surface area contributed by atoms with Crippen molar-refractivity contribution in [2.75, 3.05) is 13.2 Å². The van der Waals surface area contributed by atoms with Gasteiger partial charge in [0, 0.05) is 6.07 Å². The van der Waals surface area contributed by atoms with E-state index in [2.05, 4.69) is 6.92 Å². The Balaban J connectivity index is 1.25. The minimum atomic E-state index is -1.68. The molecule has 7 rings (SSSR count). The summed E-state index contributed by atoms with van der Waals surface area (Å²) >= 11 is 0. The van der Waals surface area contributed by atoms with E-state index in [0.29, 0.717) is 6.42 Å². The Labute approximate surface area is 374 Å². The van der Waals surface area contributed by atoms with Crippen molar-refractivity contribution in [3.8, 4) is 17.2 Å². The molecule has 0 spiro atoms. The molecule has 2 heterocycles. The lowest BCUT2D eigenvalue weighted by Gasteiger charge is -2.44. The van der Waals surface area contributed by atoms with Crippen molar-refractivity contribution in [2.45, 2.75) is 76.2 Å². The quantitative estimate of drug-likeness (QED) is 0.0352. The first-order valence-electron chi connectivity index (χ1n) is 21.4. The van der Waals surface area contributed by atoms with Gasteiger partial charge >= 0.3 is 29.5 Å². The second-order valence-electron chi connectivity index (χ2n) is 15.2. The van der Waals surface area contributed by atoms with Gasteiger partial charge in [0.2, 0.25) is 18.1 Å². The zero-order chi connectivity index (χ0) is 45.5. The van der Waals surface area contributed by atoms with E-state index in [9.17, 15) is 29.1 Å². The molecule has 336 valence electrons. The van der Waals surface area contributed by atoms with Crippen molar-refractivity contribution in [1.29, 1.82) is 0 Å². The van der Waals surface area contributed by atoms with Crippen LogP contribution < -0.4 is 15.1 Å². The molecule has 0 bridgehead atoms. The highest BCUT2D eigenvalue weighted by atomic mass is 16.7. The van der Waals surface area contributed by atoms with Gasteiger partial charge in [-0.3, -0.25) is 0 Å².